The highest BCUT2D eigenvalue weighted by Gasteiger charge is 2.34. The number of hydrogen-bond donors (Lipinski definition) is 1. The second-order valence-corrected chi connectivity index (χ2v) is 5.68. The van der Waals surface area contributed by atoms with E-state index in [1.807, 2.05) is 20.9 Å². The van der Waals surface area contributed by atoms with Crippen LogP contribution in [0.25, 0.3) is 0 Å². The molecule has 1 saturated carbocycles. The van der Waals surface area contributed by atoms with Crippen LogP contribution < -0.4 is 0 Å². The van der Waals surface area contributed by atoms with Crippen molar-refractivity contribution in [1.29, 1.82) is 0 Å². The van der Waals surface area contributed by atoms with E-state index in [0.717, 1.165) is 11.3 Å². The summed E-state index contributed by atoms with van der Waals surface area (Å²) in [6, 6.07) is 0.260. The van der Waals surface area contributed by atoms with E-state index in [2.05, 4.69) is 11.9 Å². The second-order valence-electron chi connectivity index (χ2n) is 5.68. The van der Waals surface area contributed by atoms with Crippen LogP contribution in [-0.4, -0.2) is 34.7 Å². The van der Waals surface area contributed by atoms with Crippen LogP contribution in [0.5, 0.6) is 0 Å². The molecule has 1 unspecified atom stereocenters. The summed E-state index contributed by atoms with van der Waals surface area (Å²) < 4.78 is 0. The van der Waals surface area contributed by atoms with E-state index in [0.29, 0.717) is 17.2 Å². The molecule has 2 rings (SSSR count). The number of amides is 1. The maximum Gasteiger partial charge on any atom is 0.270 e. The van der Waals surface area contributed by atoms with Gasteiger partial charge in [-0.05, 0) is 52.0 Å². The van der Waals surface area contributed by atoms with Gasteiger partial charge in [0.1, 0.15) is 5.69 Å². The van der Waals surface area contributed by atoms with E-state index in [-0.39, 0.29) is 17.7 Å². The van der Waals surface area contributed by atoms with Gasteiger partial charge in [0.25, 0.3) is 5.91 Å². The van der Waals surface area contributed by atoms with Crippen molar-refractivity contribution >= 4 is 11.7 Å². The monoisotopic (exact) mass is 262 g/mol. The lowest BCUT2D eigenvalue weighted by Gasteiger charge is -2.24. The molecule has 0 bridgehead atoms. The number of carbonyl (C=O) groups excluding carboxylic acids is 2. The lowest BCUT2D eigenvalue weighted by atomic mass is 10.1. The molecule has 0 radical (unpaired) electrons. The Kier molecular flexibility index (Phi) is 3.52. The summed E-state index contributed by atoms with van der Waals surface area (Å²) in [5, 5.41) is 0. The van der Waals surface area contributed by atoms with Gasteiger partial charge in [0.2, 0.25) is 0 Å². The highest BCUT2D eigenvalue weighted by molar-refractivity contribution is 6.02. The normalized spacial score (nSPS) is 16.3. The molecule has 0 spiro atoms. The van der Waals surface area contributed by atoms with Crippen molar-refractivity contribution in [2.45, 2.75) is 46.6 Å². The largest absolute Gasteiger partial charge is 0.354 e. The minimum absolute atomic E-state index is 0.00296. The third-order valence-electron chi connectivity index (χ3n) is 4.24. The van der Waals surface area contributed by atoms with E-state index in [4.69, 9.17) is 0 Å². The first kappa shape index (κ1) is 13.8. The number of nitrogens with one attached hydrogen (secondary N) is 1. The average molecular weight is 262 g/mol. The molecule has 4 heteroatoms. The van der Waals surface area contributed by atoms with Crippen LogP contribution in [0, 0.1) is 19.8 Å². The van der Waals surface area contributed by atoms with Crippen molar-refractivity contribution in [1.82, 2.24) is 9.88 Å². The van der Waals surface area contributed by atoms with Gasteiger partial charge in [-0.3, -0.25) is 9.59 Å². The van der Waals surface area contributed by atoms with Crippen LogP contribution in [0.3, 0.4) is 0 Å². The topological polar surface area (TPSA) is 53.2 Å². The van der Waals surface area contributed by atoms with Crippen molar-refractivity contribution in [2.24, 2.45) is 5.92 Å². The zero-order chi connectivity index (χ0) is 14.3. The molecule has 1 atom stereocenters. The highest BCUT2D eigenvalue weighted by Crippen LogP contribution is 2.35. The summed E-state index contributed by atoms with van der Waals surface area (Å²) in [5.41, 5.74) is 2.75. The quantitative estimate of drug-likeness (QED) is 0.848. The molecule has 1 heterocycles. The predicted molar refractivity (Wildman–Crippen MR) is 74.6 cm³/mol. The molecule has 1 amide bonds. The zero-order valence-corrected chi connectivity index (χ0v) is 12.3. The maximum absolute atomic E-state index is 12.5. The molecule has 19 heavy (non-hydrogen) atoms. The fraction of sp³-hybridized carbons (Fsp3) is 0.600. The van der Waals surface area contributed by atoms with Crippen LogP contribution in [-0.2, 0) is 0 Å². The lowest BCUT2D eigenvalue weighted by molar-refractivity contribution is 0.0721. The summed E-state index contributed by atoms with van der Waals surface area (Å²) in [5.74, 6) is 0.619. The number of aryl methyl sites for hydroxylation is 1. The molecular formula is C15H22N2O2. The summed E-state index contributed by atoms with van der Waals surface area (Å²) >= 11 is 0. The standard InChI is InChI=1S/C15H22N2O2/c1-8-13(11(4)18)9(2)16-14(8)15(19)17(5)10(3)12-6-7-12/h10,12,16H,6-7H2,1-5H3. The number of nitrogens with zero attached hydrogens (tertiary/aromatic N) is 1. The number of aromatic nitrogens is 1. The van der Waals surface area contributed by atoms with Crippen LogP contribution in [0.4, 0.5) is 0 Å². The number of hydrogen-bond acceptors (Lipinski definition) is 2. The minimum Gasteiger partial charge on any atom is -0.354 e. The van der Waals surface area contributed by atoms with Gasteiger partial charge >= 0.3 is 0 Å². The Balaban J connectivity index is 2.28. The van der Waals surface area contributed by atoms with E-state index in [1.165, 1.54) is 19.8 Å². The third-order valence-corrected chi connectivity index (χ3v) is 4.24. The fourth-order valence-electron chi connectivity index (χ4n) is 2.75. The summed E-state index contributed by atoms with van der Waals surface area (Å²) in [6.45, 7) is 7.30. The molecular weight excluding hydrogens is 240 g/mol. The number of Topliss-reactive ketones (excluding diaryl/α,β-unsaturated/α-hetero) is 1. The molecule has 1 aliphatic rings. The zero-order valence-electron chi connectivity index (χ0n) is 12.3. The Hall–Kier alpha value is -1.58. The summed E-state index contributed by atoms with van der Waals surface area (Å²) in [6.07, 6.45) is 2.42. The van der Waals surface area contributed by atoms with Crippen LogP contribution >= 0.6 is 0 Å². The first-order valence-electron chi connectivity index (χ1n) is 6.81. The lowest BCUT2D eigenvalue weighted by Crippen LogP contribution is -2.37. The smallest absolute Gasteiger partial charge is 0.270 e. The van der Waals surface area contributed by atoms with Crippen molar-refractivity contribution in [2.75, 3.05) is 7.05 Å². The summed E-state index contributed by atoms with van der Waals surface area (Å²) in [4.78, 5) is 29.0. The van der Waals surface area contributed by atoms with Crippen LogP contribution in [0.15, 0.2) is 0 Å². The van der Waals surface area contributed by atoms with Gasteiger partial charge < -0.3 is 9.88 Å². The van der Waals surface area contributed by atoms with Crippen molar-refractivity contribution in [3.63, 3.8) is 0 Å². The van der Waals surface area contributed by atoms with Gasteiger partial charge in [0, 0.05) is 24.3 Å². The van der Waals surface area contributed by atoms with E-state index in [1.54, 1.807) is 4.90 Å². The number of carbonyl (C=O) groups is 2. The second kappa shape index (κ2) is 4.83. The van der Waals surface area contributed by atoms with E-state index >= 15 is 0 Å². The van der Waals surface area contributed by atoms with Crippen molar-refractivity contribution < 1.29 is 9.59 Å². The van der Waals surface area contributed by atoms with Gasteiger partial charge in [-0.1, -0.05) is 0 Å². The molecule has 0 aliphatic heterocycles. The third kappa shape index (κ3) is 2.44. The number of H-pyrrole nitrogens is 1. The molecule has 104 valence electrons. The number of rotatable bonds is 4. The first-order chi connectivity index (χ1) is 8.84. The van der Waals surface area contributed by atoms with Gasteiger partial charge in [-0.25, -0.2) is 0 Å². The Morgan fingerprint density at radius 2 is 1.89 bits per heavy atom. The van der Waals surface area contributed by atoms with Crippen molar-refractivity contribution in [3.05, 3.63) is 22.5 Å². The van der Waals surface area contributed by atoms with Crippen LogP contribution in [0.2, 0.25) is 0 Å². The average Bonchev–Trinajstić information content (AvgIpc) is 3.13. The van der Waals surface area contributed by atoms with Gasteiger partial charge in [0.05, 0.1) is 0 Å². The van der Waals surface area contributed by atoms with E-state index in [9.17, 15) is 9.59 Å². The highest BCUT2D eigenvalue weighted by atomic mass is 16.2. The molecule has 1 aromatic heterocycles. The Morgan fingerprint density at radius 1 is 1.32 bits per heavy atom. The minimum atomic E-state index is -0.0208. The Bertz CT molecular complexity index is 526. The predicted octanol–water partition coefficient (Wildman–Crippen LogP) is 2.70. The molecule has 0 aromatic carbocycles. The Labute approximate surface area is 114 Å². The van der Waals surface area contributed by atoms with Crippen LogP contribution in [0.1, 0.15) is 58.8 Å². The van der Waals surface area contributed by atoms with Gasteiger partial charge in [-0.2, -0.15) is 0 Å². The number of aromatic amines is 1. The molecule has 1 fully saturated rings. The summed E-state index contributed by atoms with van der Waals surface area (Å²) in [7, 11) is 1.84. The fourth-order valence-corrected chi connectivity index (χ4v) is 2.75. The molecule has 1 N–H and O–H groups in total. The van der Waals surface area contributed by atoms with Crippen molar-refractivity contribution in [3.8, 4) is 0 Å². The van der Waals surface area contributed by atoms with E-state index < -0.39 is 0 Å². The molecule has 1 aliphatic carbocycles. The maximum atomic E-state index is 12.5. The molecule has 1 aromatic rings. The Morgan fingerprint density at radius 3 is 2.32 bits per heavy atom. The van der Waals surface area contributed by atoms with Gasteiger partial charge in [-0.15, -0.1) is 0 Å². The molecule has 0 saturated heterocycles. The van der Waals surface area contributed by atoms with Gasteiger partial charge in [0.15, 0.2) is 5.78 Å². The SMILES string of the molecule is CC(=O)c1c(C)[nH]c(C(=O)N(C)C(C)C2CC2)c1C. The first-order valence-corrected chi connectivity index (χ1v) is 6.81. The number of ketones is 1. The molecule has 4 nitrogen and oxygen atoms in total.